The molecule has 0 aliphatic heterocycles. The molecule has 0 aliphatic carbocycles. The fraction of sp³-hybridized carbons (Fsp3) is 0.214. The fourth-order valence-corrected chi connectivity index (χ4v) is 1.55. The van der Waals surface area contributed by atoms with Crippen molar-refractivity contribution in [3.05, 3.63) is 47.6 Å². The lowest BCUT2D eigenvalue weighted by atomic mass is 10.00. The van der Waals surface area contributed by atoms with Gasteiger partial charge in [0.25, 0.3) is 0 Å². The van der Waals surface area contributed by atoms with Crippen molar-refractivity contribution in [2.24, 2.45) is 0 Å². The summed E-state index contributed by atoms with van der Waals surface area (Å²) in [5, 5.41) is 9.79. The van der Waals surface area contributed by atoms with Gasteiger partial charge < -0.3 is 9.84 Å². The van der Waals surface area contributed by atoms with E-state index in [0.29, 0.717) is 5.56 Å². The van der Waals surface area contributed by atoms with Crippen LogP contribution in [0, 0.1) is 6.92 Å². The number of allylic oxidation sites excluding steroid dienone is 3. The Kier molecular flexibility index (Phi) is 4.10. The molecule has 1 rings (SSSR count). The molecule has 0 bridgehead atoms. The normalized spacial score (nSPS) is 11.1. The molecule has 3 heteroatoms. The molecule has 0 saturated heterocycles. The third-order valence-electron chi connectivity index (χ3n) is 2.53. The van der Waals surface area contributed by atoms with Crippen LogP contribution in [0.3, 0.4) is 0 Å². The van der Waals surface area contributed by atoms with Gasteiger partial charge in [-0.15, -0.1) is 0 Å². The predicted molar refractivity (Wildman–Crippen MR) is 68.0 cm³/mol. The van der Waals surface area contributed by atoms with E-state index in [1.54, 1.807) is 19.1 Å². The predicted octanol–water partition coefficient (Wildman–Crippen LogP) is 3.08. The Morgan fingerprint density at radius 3 is 2.65 bits per heavy atom. The average Bonchev–Trinajstić information content (AvgIpc) is 2.31. The summed E-state index contributed by atoms with van der Waals surface area (Å²) in [4.78, 5) is 11.5. The standard InChI is InChI=1S/C14H16O3/c1-5-6-9(2)11-7-10(3)13(15)12(8-11)14(16)17-4/h5-8,15H,1H2,2-4H3/b9-6+. The van der Waals surface area contributed by atoms with Crippen molar-refractivity contribution < 1.29 is 14.6 Å². The Morgan fingerprint density at radius 1 is 1.47 bits per heavy atom. The van der Waals surface area contributed by atoms with E-state index in [1.807, 2.05) is 19.1 Å². The summed E-state index contributed by atoms with van der Waals surface area (Å²) in [5.41, 5.74) is 2.65. The van der Waals surface area contributed by atoms with Gasteiger partial charge in [0, 0.05) is 0 Å². The second-order valence-corrected chi connectivity index (χ2v) is 3.77. The number of methoxy groups -OCH3 is 1. The highest BCUT2D eigenvalue weighted by molar-refractivity contribution is 5.94. The number of ether oxygens (including phenoxy) is 1. The van der Waals surface area contributed by atoms with E-state index in [2.05, 4.69) is 11.3 Å². The summed E-state index contributed by atoms with van der Waals surface area (Å²) in [7, 11) is 1.29. The molecule has 90 valence electrons. The number of esters is 1. The van der Waals surface area contributed by atoms with Crippen LogP contribution in [-0.2, 0) is 4.74 Å². The molecule has 0 saturated carbocycles. The van der Waals surface area contributed by atoms with Gasteiger partial charge in [-0.05, 0) is 42.7 Å². The average molecular weight is 232 g/mol. The van der Waals surface area contributed by atoms with Crippen molar-refractivity contribution in [3.8, 4) is 5.75 Å². The van der Waals surface area contributed by atoms with Crippen LogP contribution < -0.4 is 0 Å². The van der Waals surface area contributed by atoms with Crippen LogP contribution in [0.15, 0.2) is 30.9 Å². The quantitative estimate of drug-likeness (QED) is 0.643. The molecule has 1 aromatic rings. The first kappa shape index (κ1) is 13.0. The molecular formula is C14H16O3. The highest BCUT2D eigenvalue weighted by Gasteiger charge is 2.15. The Balaban J connectivity index is 3.38. The number of carbonyl (C=O) groups is 1. The van der Waals surface area contributed by atoms with Crippen molar-refractivity contribution >= 4 is 11.5 Å². The zero-order valence-electron chi connectivity index (χ0n) is 10.3. The van der Waals surface area contributed by atoms with E-state index in [1.165, 1.54) is 7.11 Å². The van der Waals surface area contributed by atoms with Gasteiger partial charge in [0.15, 0.2) is 0 Å². The van der Waals surface area contributed by atoms with Crippen LogP contribution in [0.2, 0.25) is 0 Å². The second kappa shape index (κ2) is 5.34. The van der Waals surface area contributed by atoms with E-state index in [4.69, 9.17) is 0 Å². The molecule has 0 atom stereocenters. The molecule has 0 fully saturated rings. The highest BCUT2D eigenvalue weighted by atomic mass is 16.5. The minimum absolute atomic E-state index is 0.0352. The Bertz CT molecular complexity index is 484. The third kappa shape index (κ3) is 2.75. The summed E-state index contributed by atoms with van der Waals surface area (Å²) in [6.07, 6.45) is 3.52. The maximum atomic E-state index is 11.5. The number of phenols is 1. The van der Waals surface area contributed by atoms with Gasteiger partial charge in [-0.25, -0.2) is 4.79 Å². The van der Waals surface area contributed by atoms with Gasteiger partial charge >= 0.3 is 5.97 Å². The summed E-state index contributed by atoms with van der Waals surface area (Å²) < 4.78 is 4.63. The molecular weight excluding hydrogens is 216 g/mol. The molecule has 1 N–H and O–H groups in total. The fourth-order valence-electron chi connectivity index (χ4n) is 1.55. The largest absolute Gasteiger partial charge is 0.507 e. The van der Waals surface area contributed by atoms with Gasteiger partial charge in [-0.2, -0.15) is 0 Å². The van der Waals surface area contributed by atoms with Crippen LogP contribution in [-0.4, -0.2) is 18.2 Å². The lowest BCUT2D eigenvalue weighted by Gasteiger charge is -2.09. The SMILES string of the molecule is C=C/C=C(\C)c1cc(C)c(O)c(C(=O)OC)c1. The second-order valence-electron chi connectivity index (χ2n) is 3.77. The smallest absolute Gasteiger partial charge is 0.341 e. The topological polar surface area (TPSA) is 46.5 Å². The molecule has 1 aromatic carbocycles. The maximum Gasteiger partial charge on any atom is 0.341 e. The molecule has 17 heavy (non-hydrogen) atoms. The third-order valence-corrected chi connectivity index (χ3v) is 2.53. The van der Waals surface area contributed by atoms with E-state index in [-0.39, 0.29) is 11.3 Å². The minimum atomic E-state index is -0.543. The first-order valence-electron chi connectivity index (χ1n) is 5.23. The molecule has 0 unspecified atom stereocenters. The summed E-state index contributed by atoms with van der Waals surface area (Å²) >= 11 is 0. The molecule has 0 heterocycles. The van der Waals surface area contributed by atoms with Gasteiger partial charge in [0.05, 0.1) is 7.11 Å². The van der Waals surface area contributed by atoms with Crippen molar-refractivity contribution in [1.82, 2.24) is 0 Å². The number of phenolic OH excluding ortho intramolecular Hbond substituents is 1. The first-order valence-corrected chi connectivity index (χ1v) is 5.23. The number of hydrogen-bond acceptors (Lipinski definition) is 3. The van der Waals surface area contributed by atoms with Gasteiger partial charge in [-0.3, -0.25) is 0 Å². The van der Waals surface area contributed by atoms with Crippen molar-refractivity contribution in [2.75, 3.05) is 7.11 Å². The number of rotatable bonds is 3. The number of aryl methyl sites for hydroxylation is 1. The zero-order chi connectivity index (χ0) is 13.0. The lowest BCUT2D eigenvalue weighted by molar-refractivity contribution is 0.0597. The van der Waals surface area contributed by atoms with Crippen LogP contribution >= 0.6 is 0 Å². The Labute approximate surface area is 101 Å². The molecule has 0 aliphatic rings. The van der Waals surface area contributed by atoms with Crippen LogP contribution in [0.4, 0.5) is 0 Å². The van der Waals surface area contributed by atoms with E-state index < -0.39 is 5.97 Å². The molecule has 0 spiro atoms. The number of carbonyl (C=O) groups excluding carboxylic acids is 1. The molecule has 0 amide bonds. The van der Waals surface area contributed by atoms with Crippen LogP contribution in [0.25, 0.3) is 5.57 Å². The summed E-state index contributed by atoms with van der Waals surface area (Å²) in [5.74, 6) is -0.578. The maximum absolute atomic E-state index is 11.5. The van der Waals surface area contributed by atoms with Crippen LogP contribution in [0.5, 0.6) is 5.75 Å². The van der Waals surface area contributed by atoms with Crippen molar-refractivity contribution in [2.45, 2.75) is 13.8 Å². The van der Waals surface area contributed by atoms with Crippen molar-refractivity contribution in [1.29, 1.82) is 0 Å². The van der Waals surface area contributed by atoms with E-state index in [0.717, 1.165) is 11.1 Å². The number of aromatic hydroxyl groups is 1. The molecule has 0 radical (unpaired) electrons. The van der Waals surface area contributed by atoms with E-state index in [9.17, 15) is 9.90 Å². The zero-order valence-corrected chi connectivity index (χ0v) is 10.3. The summed E-state index contributed by atoms with van der Waals surface area (Å²) in [6.45, 7) is 7.28. The van der Waals surface area contributed by atoms with E-state index >= 15 is 0 Å². The van der Waals surface area contributed by atoms with Crippen LogP contribution in [0.1, 0.15) is 28.4 Å². The Morgan fingerprint density at radius 2 is 2.12 bits per heavy atom. The molecule has 0 aromatic heterocycles. The molecule has 3 nitrogen and oxygen atoms in total. The van der Waals surface area contributed by atoms with Gasteiger partial charge in [0.1, 0.15) is 11.3 Å². The summed E-state index contributed by atoms with van der Waals surface area (Å²) in [6, 6.07) is 3.43. The number of hydrogen-bond donors (Lipinski definition) is 1. The Hall–Kier alpha value is -2.03. The van der Waals surface area contributed by atoms with Gasteiger partial charge in [0.2, 0.25) is 0 Å². The van der Waals surface area contributed by atoms with Gasteiger partial charge in [-0.1, -0.05) is 18.7 Å². The lowest BCUT2D eigenvalue weighted by Crippen LogP contribution is -2.03. The minimum Gasteiger partial charge on any atom is -0.507 e. The number of benzene rings is 1. The monoisotopic (exact) mass is 232 g/mol. The highest BCUT2D eigenvalue weighted by Crippen LogP contribution is 2.27. The first-order chi connectivity index (χ1) is 8.01. The van der Waals surface area contributed by atoms with Crippen molar-refractivity contribution in [3.63, 3.8) is 0 Å².